The average molecular weight is 766 g/mol. The molecule has 12 aromatic rings. The maximum absolute atomic E-state index is 6.69. The van der Waals surface area contributed by atoms with Crippen LogP contribution in [0.1, 0.15) is 25.0 Å². The lowest BCUT2D eigenvalue weighted by Gasteiger charge is -2.21. The standard InChI is InChI=1S/C56H35N3O/c1-56(2)46-16-8-7-14-41(46)44-30-45-49(31-47(44)56)60-48-17-9-15-42(52(45)48)55-58-53(38-26-18-32-10-3-4-12-37(32)28-38)57-54(59-55)39-27-21-34-20-23-36-25-24-35-22-19-33-11-5-6-13-40(33)50(35)51(36)43(34)29-39/h3-31H,1-2H3. The summed E-state index contributed by atoms with van der Waals surface area (Å²) in [5.74, 6) is 1.84. The molecule has 0 unspecified atom stereocenters. The van der Waals surface area contributed by atoms with Gasteiger partial charge >= 0.3 is 0 Å². The van der Waals surface area contributed by atoms with Gasteiger partial charge in [0.2, 0.25) is 0 Å². The van der Waals surface area contributed by atoms with Crippen molar-refractivity contribution in [2.45, 2.75) is 19.3 Å². The average Bonchev–Trinajstić information content (AvgIpc) is 3.78. The molecular weight excluding hydrogens is 731 g/mol. The minimum atomic E-state index is -0.135. The SMILES string of the molecule is CC1(C)c2ccccc2-c2cc3c(cc21)oc1cccc(-c2nc(-c4ccc5ccccc5c4)nc(-c4ccc5ccc6ccc7ccc8ccccc8c7c6c5c4)n2)c13. The van der Waals surface area contributed by atoms with Crippen molar-refractivity contribution >= 4 is 75.8 Å². The lowest BCUT2D eigenvalue weighted by molar-refractivity contribution is 0.647. The van der Waals surface area contributed by atoms with E-state index in [2.05, 4.69) is 184 Å². The van der Waals surface area contributed by atoms with Crippen molar-refractivity contribution in [1.82, 2.24) is 15.0 Å². The molecule has 0 amide bonds. The van der Waals surface area contributed by atoms with Crippen LogP contribution in [0.25, 0.3) is 121 Å². The number of furan rings is 1. The van der Waals surface area contributed by atoms with Gasteiger partial charge in [0.1, 0.15) is 11.2 Å². The zero-order chi connectivity index (χ0) is 39.7. The number of nitrogens with zero attached hydrogens (tertiary/aromatic N) is 3. The summed E-state index contributed by atoms with van der Waals surface area (Å²) < 4.78 is 6.69. The number of rotatable bonds is 3. The first-order chi connectivity index (χ1) is 29.5. The topological polar surface area (TPSA) is 51.8 Å². The van der Waals surface area contributed by atoms with Crippen LogP contribution in [0.4, 0.5) is 0 Å². The van der Waals surface area contributed by atoms with Crippen LogP contribution >= 0.6 is 0 Å². The van der Waals surface area contributed by atoms with Crippen LogP contribution in [0, 0.1) is 0 Å². The molecule has 2 aromatic heterocycles. The van der Waals surface area contributed by atoms with Gasteiger partial charge in [-0.15, -0.1) is 0 Å². The van der Waals surface area contributed by atoms with Crippen molar-refractivity contribution in [1.29, 1.82) is 0 Å². The van der Waals surface area contributed by atoms with Crippen LogP contribution in [0.2, 0.25) is 0 Å². The summed E-state index contributed by atoms with van der Waals surface area (Å²) in [7, 11) is 0. The molecule has 60 heavy (non-hydrogen) atoms. The number of aromatic nitrogens is 3. The third kappa shape index (κ3) is 4.76. The summed E-state index contributed by atoms with van der Waals surface area (Å²) in [5, 5.41) is 14.1. The summed E-state index contributed by atoms with van der Waals surface area (Å²) in [6.45, 7) is 4.61. The second kappa shape index (κ2) is 12.2. The fourth-order valence-electron chi connectivity index (χ4n) is 10.1. The smallest absolute Gasteiger partial charge is 0.164 e. The van der Waals surface area contributed by atoms with Gasteiger partial charge in [-0.25, -0.2) is 15.0 Å². The van der Waals surface area contributed by atoms with E-state index in [0.717, 1.165) is 44.0 Å². The minimum absolute atomic E-state index is 0.135. The Morgan fingerprint density at radius 3 is 1.73 bits per heavy atom. The number of fused-ring (bicyclic) bond motifs is 14. The van der Waals surface area contributed by atoms with Gasteiger partial charge in [0.25, 0.3) is 0 Å². The fourth-order valence-corrected chi connectivity index (χ4v) is 10.1. The van der Waals surface area contributed by atoms with Gasteiger partial charge in [-0.3, -0.25) is 0 Å². The van der Waals surface area contributed by atoms with Crippen molar-refractivity contribution < 1.29 is 4.42 Å². The van der Waals surface area contributed by atoms with Crippen molar-refractivity contribution in [3.8, 4) is 45.3 Å². The van der Waals surface area contributed by atoms with Crippen LogP contribution in [-0.2, 0) is 5.41 Å². The summed E-state index contributed by atoms with van der Waals surface area (Å²) in [5.41, 5.74) is 9.45. The monoisotopic (exact) mass is 765 g/mol. The Morgan fingerprint density at radius 2 is 0.933 bits per heavy atom. The van der Waals surface area contributed by atoms with Gasteiger partial charge in [-0.1, -0.05) is 159 Å². The molecule has 0 aliphatic heterocycles. The summed E-state index contributed by atoms with van der Waals surface area (Å²) in [6.07, 6.45) is 0. The predicted molar refractivity (Wildman–Crippen MR) is 249 cm³/mol. The lowest BCUT2D eigenvalue weighted by Crippen LogP contribution is -2.14. The highest BCUT2D eigenvalue weighted by Crippen LogP contribution is 2.51. The molecule has 1 aliphatic rings. The zero-order valence-corrected chi connectivity index (χ0v) is 33.0. The van der Waals surface area contributed by atoms with E-state index in [-0.39, 0.29) is 5.41 Å². The largest absolute Gasteiger partial charge is 0.456 e. The molecule has 10 aromatic carbocycles. The molecule has 0 atom stereocenters. The molecule has 280 valence electrons. The van der Waals surface area contributed by atoms with E-state index in [1.807, 2.05) is 6.07 Å². The highest BCUT2D eigenvalue weighted by Gasteiger charge is 2.36. The van der Waals surface area contributed by atoms with E-state index < -0.39 is 0 Å². The van der Waals surface area contributed by atoms with Gasteiger partial charge < -0.3 is 4.42 Å². The van der Waals surface area contributed by atoms with Crippen LogP contribution in [0.15, 0.2) is 180 Å². The van der Waals surface area contributed by atoms with Gasteiger partial charge in [-0.2, -0.15) is 0 Å². The Balaban J connectivity index is 1.08. The molecule has 0 spiro atoms. The summed E-state index contributed by atoms with van der Waals surface area (Å²) in [6, 6.07) is 63.1. The Kier molecular flexibility index (Phi) is 6.75. The molecule has 0 fully saturated rings. The highest BCUT2D eigenvalue weighted by molar-refractivity contribution is 6.27. The molecule has 0 saturated heterocycles. The maximum atomic E-state index is 6.69. The maximum Gasteiger partial charge on any atom is 0.164 e. The molecule has 2 heterocycles. The Labute approximate surface area is 345 Å². The molecule has 0 saturated carbocycles. The van der Waals surface area contributed by atoms with Gasteiger partial charge in [-0.05, 0) is 106 Å². The fraction of sp³-hybridized carbons (Fsp3) is 0.0536. The van der Waals surface area contributed by atoms with Crippen molar-refractivity contribution in [3.05, 3.63) is 187 Å². The van der Waals surface area contributed by atoms with E-state index in [1.54, 1.807) is 0 Å². The second-order valence-electron chi connectivity index (χ2n) is 16.8. The first-order valence-electron chi connectivity index (χ1n) is 20.6. The third-order valence-electron chi connectivity index (χ3n) is 13.0. The Hall–Kier alpha value is -7.69. The normalized spacial score (nSPS) is 13.3. The van der Waals surface area contributed by atoms with Crippen molar-refractivity contribution in [3.63, 3.8) is 0 Å². The molecular formula is C56H35N3O. The first kappa shape index (κ1) is 33.3. The molecule has 0 bridgehead atoms. The van der Waals surface area contributed by atoms with E-state index >= 15 is 0 Å². The van der Waals surface area contributed by atoms with Crippen LogP contribution in [-0.4, -0.2) is 15.0 Å². The van der Waals surface area contributed by atoms with Gasteiger partial charge in [0.05, 0.1) is 0 Å². The minimum Gasteiger partial charge on any atom is -0.456 e. The van der Waals surface area contributed by atoms with Gasteiger partial charge in [0, 0.05) is 32.9 Å². The molecule has 4 nitrogen and oxygen atoms in total. The number of benzene rings is 10. The van der Waals surface area contributed by atoms with Gasteiger partial charge in [0.15, 0.2) is 17.5 Å². The van der Waals surface area contributed by atoms with Crippen LogP contribution < -0.4 is 0 Å². The first-order valence-corrected chi connectivity index (χ1v) is 20.6. The molecule has 0 radical (unpaired) electrons. The number of hydrogen-bond donors (Lipinski definition) is 0. The Morgan fingerprint density at radius 1 is 0.350 bits per heavy atom. The number of hydrogen-bond acceptors (Lipinski definition) is 4. The highest BCUT2D eigenvalue weighted by atomic mass is 16.3. The predicted octanol–water partition coefficient (Wildman–Crippen LogP) is 14.8. The summed E-state index contributed by atoms with van der Waals surface area (Å²) >= 11 is 0. The lowest BCUT2D eigenvalue weighted by atomic mass is 9.82. The third-order valence-corrected chi connectivity index (χ3v) is 13.0. The molecule has 0 N–H and O–H groups in total. The molecule has 4 heteroatoms. The van der Waals surface area contributed by atoms with E-state index in [1.165, 1.54) is 70.7 Å². The van der Waals surface area contributed by atoms with Crippen LogP contribution in [0.3, 0.4) is 0 Å². The second-order valence-corrected chi connectivity index (χ2v) is 16.8. The molecule has 13 rings (SSSR count). The van der Waals surface area contributed by atoms with Crippen molar-refractivity contribution in [2.75, 3.05) is 0 Å². The van der Waals surface area contributed by atoms with E-state index in [9.17, 15) is 0 Å². The zero-order valence-electron chi connectivity index (χ0n) is 33.0. The Bertz CT molecular complexity index is 3810. The molecule has 1 aliphatic carbocycles. The van der Waals surface area contributed by atoms with Crippen molar-refractivity contribution in [2.24, 2.45) is 0 Å². The van der Waals surface area contributed by atoms with Crippen LogP contribution in [0.5, 0.6) is 0 Å². The quantitative estimate of drug-likeness (QED) is 0.168. The summed E-state index contributed by atoms with van der Waals surface area (Å²) in [4.78, 5) is 15.9. The van der Waals surface area contributed by atoms with E-state index in [4.69, 9.17) is 19.4 Å². The van der Waals surface area contributed by atoms with E-state index in [0.29, 0.717) is 17.5 Å².